The summed E-state index contributed by atoms with van der Waals surface area (Å²) in [5.74, 6) is -1.95. The number of hydrogen-bond donors (Lipinski definition) is 1. The second kappa shape index (κ2) is 13.5. The first-order valence-corrected chi connectivity index (χ1v) is 10.6. The van der Waals surface area contributed by atoms with Crippen molar-refractivity contribution in [2.24, 2.45) is 0 Å². The number of carbonyl (C=O) groups is 3. The number of allylic oxidation sites excluding steroid dienone is 2. The number of methoxy groups -OCH3 is 1. The molecule has 1 aromatic carbocycles. The molecule has 1 aliphatic rings. The summed E-state index contributed by atoms with van der Waals surface area (Å²) in [6.45, 7) is 6.58. The Kier molecular flexibility index (Phi) is 10.8. The maximum atomic E-state index is 12.7. The number of aliphatic hydroxyl groups excluding tert-OH is 1. The smallest absolute Gasteiger partial charge is 0.338 e. The summed E-state index contributed by atoms with van der Waals surface area (Å²) < 4.78 is 27.7. The second-order valence-electron chi connectivity index (χ2n) is 7.26. The molecule has 1 aromatic rings. The number of rotatable bonds is 12. The molecule has 1 fully saturated rings. The summed E-state index contributed by atoms with van der Waals surface area (Å²) in [5, 5.41) is 9.85. The van der Waals surface area contributed by atoms with Crippen LogP contribution in [0.15, 0.2) is 55.6 Å². The molecule has 0 aromatic heterocycles. The average Bonchev–Trinajstić information content (AvgIpc) is 2.83. The Morgan fingerprint density at radius 2 is 1.52 bits per heavy atom. The third-order valence-electron chi connectivity index (χ3n) is 4.90. The van der Waals surface area contributed by atoms with E-state index < -0.39 is 55.2 Å². The number of esters is 3. The van der Waals surface area contributed by atoms with Crippen LogP contribution in [0.25, 0.3) is 0 Å². The minimum Gasteiger partial charge on any atom is -0.455 e. The van der Waals surface area contributed by atoms with Crippen molar-refractivity contribution in [3.8, 4) is 0 Å². The molecule has 0 aliphatic carbocycles. The van der Waals surface area contributed by atoms with E-state index in [1.54, 1.807) is 42.5 Å². The van der Waals surface area contributed by atoms with Crippen LogP contribution < -0.4 is 0 Å². The van der Waals surface area contributed by atoms with E-state index in [1.165, 1.54) is 7.11 Å². The van der Waals surface area contributed by atoms with Gasteiger partial charge in [0.05, 0.1) is 12.2 Å². The molecule has 9 nitrogen and oxygen atoms in total. The molecule has 5 atom stereocenters. The predicted molar refractivity (Wildman–Crippen MR) is 117 cm³/mol. The Balaban J connectivity index is 2.35. The van der Waals surface area contributed by atoms with Crippen LogP contribution in [0.5, 0.6) is 0 Å². The Labute approximate surface area is 192 Å². The summed E-state index contributed by atoms with van der Waals surface area (Å²) in [4.78, 5) is 37.5. The number of aliphatic hydroxyl groups is 1. The molecular weight excluding hydrogens is 432 g/mol. The topological polar surface area (TPSA) is 118 Å². The third-order valence-corrected chi connectivity index (χ3v) is 4.90. The quantitative estimate of drug-likeness (QED) is 0.284. The van der Waals surface area contributed by atoms with Gasteiger partial charge in [-0.25, -0.2) is 4.79 Å². The maximum Gasteiger partial charge on any atom is 0.338 e. The minimum atomic E-state index is -1.28. The zero-order valence-corrected chi connectivity index (χ0v) is 18.6. The summed E-state index contributed by atoms with van der Waals surface area (Å²) in [5.41, 5.74) is 0.257. The molecule has 0 amide bonds. The van der Waals surface area contributed by atoms with Crippen molar-refractivity contribution in [1.82, 2.24) is 0 Å². The fourth-order valence-electron chi connectivity index (χ4n) is 3.24. The molecule has 0 bridgehead atoms. The molecule has 1 saturated heterocycles. The normalized spacial score (nSPS) is 24.4. The highest BCUT2D eigenvalue weighted by atomic mass is 16.7. The highest BCUT2D eigenvalue weighted by Gasteiger charge is 2.52. The van der Waals surface area contributed by atoms with E-state index in [4.69, 9.17) is 23.7 Å². The lowest BCUT2D eigenvalue weighted by Gasteiger charge is -2.43. The van der Waals surface area contributed by atoms with Gasteiger partial charge in [0.2, 0.25) is 0 Å². The molecule has 2 rings (SSSR count). The van der Waals surface area contributed by atoms with Crippen molar-refractivity contribution < 1.29 is 43.2 Å². The van der Waals surface area contributed by atoms with E-state index in [2.05, 4.69) is 13.2 Å². The summed E-state index contributed by atoms with van der Waals surface area (Å²) >= 11 is 0. The van der Waals surface area contributed by atoms with Crippen LogP contribution in [-0.2, 0) is 33.3 Å². The van der Waals surface area contributed by atoms with E-state index in [0.717, 1.165) is 0 Å². The lowest BCUT2D eigenvalue weighted by atomic mass is 9.98. The van der Waals surface area contributed by atoms with Crippen LogP contribution >= 0.6 is 0 Å². The molecule has 1 N–H and O–H groups in total. The maximum absolute atomic E-state index is 12.7. The average molecular weight is 462 g/mol. The van der Waals surface area contributed by atoms with Gasteiger partial charge >= 0.3 is 17.9 Å². The largest absolute Gasteiger partial charge is 0.455 e. The Morgan fingerprint density at radius 1 is 0.939 bits per heavy atom. The Bertz CT molecular complexity index is 807. The Morgan fingerprint density at radius 3 is 2.03 bits per heavy atom. The third kappa shape index (κ3) is 7.52. The van der Waals surface area contributed by atoms with E-state index in [-0.39, 0.29) is 18.4 Å². The Hall–Kier alpha value is -3.01. The number of hydrogen-bond acceptors (Lipinski definition) is 9. The van der Waals surface area contributed by atoms with Crippen molar-refractivity contribution in [1.29, 1.82) is 0 Å². The first-order chi connectivity index (χ1) is 15.9. The van der Waals surface area contributed by atoms with Gasteiger partial charge in [0.15, 0.2) is 24.6 Å². The SMILES string of the molecule is C=CCCC(=O)O[C@@H]1[C@H](OC(=O)c2ccccc2)[C@@H](OC)O[C@H](CO)[C@H]1OC(=O)CCC=C. The van der Waals surface area contributed by atoms with Gasteiger partial charge in [-0.2, -0.15) is 0 Å². The van der Waals surface area contributed by atoms with Gasteiger partial charge in [0, 0.05) is 20.0 Å². The molecule has 1 aliphatic heterocycles. The van der Waals surface area contributed by atoms with Crippen LogP contribution in [0, 0.1) is 0 Å². The van der Waals surface area contributed by atoms with Crippen molar-refractivity contribution >= 4 is 17.9 Å². The fourth-order valence-corrected chi connectivity index (χ4v) is 3.24. The molecule has 33 heavy (non-hydrogen) atoms. The number of ether oxygens (including phenoxy) is 5. The van der Waals surface area contributed by atoms with Gasteiger partial charge in [-0.1, -0.05) is 30.4 Å². The summed E-state index contributed by atoms with van der Waals surface area (Å²) in [6.07, 6.45) is -2.17. The van der Waals surface area contributed by atoms with Gasteiger partial charge in [0.1, 0.15) is 6.10 Å². The van der Waals surface area contributed by atoms with Crippen molar-refractivity contribution in [2.45, 2.75) is 56.4 Å². The molecule has 180 valence electrons. The molecule has 0 unspecified atom stereocenters. The second-order valence-corrected chi connectivity index (χ2v) is 7.26. The number of carbonyl (C=O) groups excluding carboxylic acids is 3. The zero-order valence-electron chi connectivity index (χ0n) is 18.6. The summed E-state index contributed by atoms with van der Waals surface area (Å²) in [7, 11) is 1.31. The van der Waals surface area contributed by atoms with Crippen LogP contribution in [0.3, 0.4) is 0 Å². The molecule has 0 spiro atoms. The van der Waals surface area contributed by atoms with Crippen LogP contribution in [0.1, 0.15) is 36.0 Å². The van der Waals surface area contributed by atoms with Gasteiger partial charge in [0.25, 0.3) is 0 Å². The molecular formula is C24H30O9. The first-order valence-electron chi connectivity index (χ1n) is 10.6. The first kappa shape index (κ1) is 26.2. The van der Waals surface area contributed by atoms with Crippen LogP contribution in [0.4, 0.5) is 0 Å². The van der Waals surface area contributed by atoms with Gasteiger partial charge in [-0.3, -0.25) is 9.59 Å². The fraction of sp³-hybridized carbons (Fsp3) is 0.458. The lowest BCUT2D eigenvalue weighted by Crippen LogP contribution is -2.62. The van der Waals surface area contributed by atoms with Gasteiger partial charge < -0.3 is 28.8 Å². The highest BCUT2D eigenvalue weighted by Crippen LogP contribution is 2.30. The van der Waals surface area contributed by atoms with Crippen molar-refractivity contribution in [2.75, 3.05) is 13.7 Å². The van der Waals surface area contributed by atoms with E-state index in [1.807, 2.05) is 0 Å². The minimum absolute atomic E-state index is 0.0127. The van der Waals surface area contributed by atoms with Gasteiger partial charge in [-0.05, 0) is 25.0 Å². The predicted octanol–water partition coefficient (Wildman–Crippen LogP) is 2.33. The molecule has 0 radical (unpaired) electrons. The zero-order chi connectivity index (χ0) is 24.2. The lowest BCUT2D eigenvalue weighted by molar-refractivity contribution is -0.298. The molecule has 9 heteroatoms. The standard InChI is InChI=1S/C24H30O9/c1-4-6-13-18(26)31-20-17(15-25)30-24(29-3)22(21(20)32-19(27)14-7-5-2)33-23(28)16-11-9-8-10-12-16/h4-5,8-12,17,20-22,24-25H,1-2,6-7,13-15H2,3H3/t17-,20-,21+,22+,24+/m1/s1. The van der Waals surface area contributed by atoms with E-state index in [0.29, 0.717) is 12.8 Å². The van der Waals surface area contributed by atoms with Crippen molar-refractivity contribution in [3.05, 3.63) is 61.2 Å². The van der Waals surface area contributed by atoms with Crippen molar-refractivity contribution in [3.63, 3.8) is 0 Å². The highest BCUT2D eigenvalue weighted by molar-refractivity contribution is 5.89. The summed E-state index contributed by atoms with van der Waals surface area (Å²) in [6, 6.07) is 8.19. The monoisotopic (exact) mass is 462 g/mol. The molecule has 0 saturated carbocycles. The van der Waals surface area contributed by atoms with Crippen LogP contribution in [-0.4, -0.2) is 67.4 Å². The van der Waals surface area contributed by atoms with E-state index in [9.17, 15) is 19.5 Å². The van der Waals surface area contributed by atoms with E-state index >= 15 is 0 Å². The van der Waals surface area contributed by atoms with Crippen LogP contribution in [0.2, 0.25) is 0 Å². The number of benzene rings is 1. The van der Waals surface area contributed by atoms with Gasteiger partial charge in [-0.15, -0.1) is 13.2 Å². The molecule has 1 heterocycles.